The van der Waals surface area contributed by atoms with E-state index in [0.29, 0.717) is 13.2 Å². The van der Waals surface area contributed by atoms with E-state index >= 15 is 0 Å². The van der Waals surface area contributed by atoms with Crippen LogP contribution in [0.3, 0.4) is 0 Å². The van der Waals surface area contributed by atoms with Crippen molar-refractivity contribution in [3.8, 4) is 5.75 Å². The van der Waals surface area contributed by atoms with E-state index in [0.717, 1.165) is 29.2 Å². The number of benzene rings is 2. The predicted molar refractivity (Wildman–Crippen MR) is 120 cm³/mol. The maximum Gasteiger partial charge on any atom is 0.191 e. The molecule has 1 heterocycles. The second-order valence-electron chi connectivity index (χ2n) is 7.35. The molecule has 1 unspecified atom stereocenters. The van der Waals surface area contributed by atoms with Gasteiger partial charge in [-0.1, -0.05) is 36.4 Å². The highest BCUT2D eigenvalue weighted by Crippen LogP contribution is 2.24. The zero-order valence-electron chi connectivity index (χ0n) is 18.0. The fourth-order valence-corrected chi connectivity index (χ4v) is 3.55. The molecule has 0 aliphatic rings. The van der Waals surface area contributed by atoms with E-state index in [4.69, 9.17) is 4.74 Å². The molecule has 0 bridgehead atoms. The van der Waals surface area contributed by atoms with Crippen molar-refractivity contribution in [3.05, 3.63) is 59.4 Å². The Labute approximate surface area is 173 Å². The molecule has 3 aromatic rings. The molecule has 6 heteroatoms. The predicted octanol–water partition coefficient (Wildman–Crippen LogP) is 3.37. The van der Waals surface area contributed by atoms with Crippen LogP contribution in [0.1, 0.15) is 23.9 Å². The Morgan fingerprint density at radius 1 is 1.17 bits per heavy atom. The van der Waals surface area contributed by atoms with Crippen molar-refractivity contribution in [1.82, 2.24) is 20.4 Å². The zero-order chi connectivity index (χ0) is 20.8. The van der Waals surface area contributed by atoms with Crippen LogP contribution in [0.2, 0.25) is 0 Å². The summed E-state index contributed by atoms with van der Waals surface area (Å²) in [5.41, 5.74) is 3.59. The Bertz CT molecular complexity index is 987. The molecule has 0 saturated heterocycles. The molecule has 0 saturated carbocycles. The Morgan fingerprint density at radius 3 is 2.66 bits per heavy atom. The smallest absolute Gasteiger partial charge is 0.191 e. The molecule has 0 aliphatic heterocycles. The van der Waals surface area contributed by atoms with Crippen molar-refractivity contribution >= 4 is 16.7 Å². The van der Waals surface area contributed by atoms with Crippen molar-refractivity contribution in [2.75, 3.05) is 20.2 Å². The topological polar surface area (TPSA) is 63.5 Å². The SMILES string of the molecule is CN=C(NCCOc1cccc2ccccc12)NC(C)Cc1c(C)nn(C)c1C. The number of aryl methyl sites for hydroxylation is 2. The third kappa shape index (κ3) is 5.08. The van der Waals surface area contributed by atoms with Crippen LogP contribution in [-0.4, -0.2) is 42.0 Å². The van der Waals surface area contributed by atoms with E-state index < -0.39 is 0 Å². The zero-order valence-corrected chi connectivity index (χ0v) is 18.0. The van der Waals surface area contributed by atoms with Crippen molar-refractivity contribution in [1.29, 1.82) is 0 Å². The Hall–Kier alpha value is -3.02. The maximum absolute atomic E-state index is 5.99. The van der Waals surface area contributed by atoms with E-state index in [9.17, 15) is 0 Å². The number of guanidine groups is 1. The summed E-state index contributed by atoms with van der Waals surface area (Å²) in [4.78, 5) is 4.33. The standard InChI is InChI=1S/C23H31N5O/c1-16(15-21-17(2)27-28(5)18(21)3)26-23(24-4)25-13-14-29-22-12-8-10-19-9-6-7-11-20(19)22/h6-12,16H,13-15H2,1-5H3,(H2,24,25,26). The van der Waals surface area contributed by atoms with Crippen LogP contribution in [0.5, 0.6) is 5.75 Å². The highest BCUT2D eigenvalue weighted by atomic mass is 16.5. The first kappa shape index (κ1) is 20.7. The van der Waals surface area contributed by atoms with Crippen molar-refractivity contribution in [2.24, 2.45) is 12.0 Å². The van der Waals surface area contributed by atoms with Crippen LogP contribution in [0.15, 0.2) is 47.5 Å². The summed E-state index contributed by atoms with van der Waals surface area (Å²) in [5.74, 6) is 1.68. The lowest BCUT2D eigenvalue weighted by atomic mass is 10.1. The second-order valence-corrected chi connectivity index (χ2v) is 7.35. The fourth-order valence-electron chi connectivity index (χ4n) is 3.55. The molecule has 0 spiro atoms. The van der Waals surface area contributed by atoms with Gasteiger partial charge in [0.15, 0.2) is 5.96 Å². The summed E-state index contributed by atoms with van der Waals surface area (Å²) >= 11 is 0. The first-order valence-corrected chi connectivity index (χ1v) is 10.1. The van der Waals surface area contributed by atoms with Gasteiger partial charge in [0.1, 0.15) is 12.4 Å². The number of nitrogens with zero attached hydrogens (tertiary/aromatic N) is 3. The first-order chi connectivity index (χ1) is 14.0. The molecule has 29 heavy (non-hydrogen) atoms. The summed E-state index contributed by atoms with van der Waals surface area (Å²) < 4.78 is 7.93. The van der Waals surface area contributed by atoms with Gasteiger partial charge in [0.25, 0.3) is 0 Å². The minimum absolute atomic E-state index is 0.238. The lowest BCUT2D eigenvalue weighted by molar-refractivity contribution is 0.325. The molecule has 2 N–H and O–H groups in total. The van der Waals surface area contributed by atoms with Gasteiger partial charge >= 0.3 is 0 Å². The molecule has 154 valence electrons. The molecular formula is C23H31N5O. The summed E-state index contributed by atoms with van der Waals surface area (Å²) in [7, 11) is 3.77. The normalized spacial score (nSPS) is 12.8. The summed E-state index contributed by atoms with van der Waals surface area (Å²) in [5, 5.41) is 13.6. The summed E-state index contributed by atoms with van der Waals surface area (Å²) in [6.45, 7) is 7.56. The van der Waals surface area contributed by atoms with Crippen LogP contribution >= 0.6 is 0 Å². The molecular weight excluding hydrogens is 362 g/mol. The quantitative estimate of drug-likeness (QED) is 0.367. The van der Waals surface area contributed by atoms with Gasteiger partial charge in [-0.15, -0.1) is 0 Å². The lowest BCUT2D eigenvalue weighted by Gasteiger charge is -2.18. The largest absolute Gasteiger partial charge is 0.491 e. The molecule has 0 fully saturated rings. The van der Waals surface area contributed by atoms with Gasteiger partial charge in [-0.2, -0.15) is 5.10 Å². The Balaban J connectivity index is 1.49. The molecule has 0 amide bonds. The van der Waals surface area contributed by atoms with Gasteiger partial charge in [-0.05, 0) is 44.2 Å². The molecule has 1 atom stereocenters. The van der Waals surface area contributed by atoms with E-state index in [1.54, 1.807) is 7.05 Å². The van der Waals surface area contributed by atoms with E-state index in [1.807, 2.05) is 36.0 Å². The van der Waals surface area contributed by atoms with Crippen molar-refractivity contribution < 1.29 is 4.74 Å². The van der Waals surface area contributed by atoms with Crippen LogP contribution < -0.4 is 15.4 Å². The highest BCUT2D eigenvalue weighted by Gasteiger charge is 2.14. The monoisotopic (exact) mass is 393 g/mol. The first-order valence-electron chi connectivity index (χ1n) is 10.1. The highest BCUT2D eigenvalue weighted by molar-refractivity contribution is 5.88. The number of ether oxygens (including phenoxy) is 1. The summed E-state index contributed by atoms with van der Waals surface area (Å²) in [6, 6.07) is 14.6. The number of fused-ring (bicyclic) bond motifs is 1. The van der Waals surface area contributed by atoms with E-state index in [1.165, 1.54) is 16.6 Å². The third-order valence-corrected chi connectivity index (χ3v) is 5.18. The van der Waals surface area contributed by atoms with Gasteiger partial charge in [-0.3, -0.25) is 9.67 Å². The Morgan fingerprint density at radius 2 is 1.93 bits per heavy atom. The molecule has 6 nitrogen and oxygen atoms in total. The summed E-state index contributed by atoms with van der Waals surface area (Å²) in [6.07, 6.45) is 0.901. The number of hydrogen-bond donors (Lipinski definition) is 2. The average Bonchev–Trinajstić information content (AvgIpc) is 2.96. The third-order valence-electron chi connectivity index (χ3n) is 5.18. The van der Waals surface area contributed by atoms with E-state index in [-0.39, 0.29) is 6.04 Å². The van der Waals surface area contributed by atoms with Crippen molar-refractivity contribution in [2.45, 2.75) is 33.2 Å². The van der Waals surface area contributed by atoms with Crippen molar-refractivity contribution in [3.63, 3.8) is 0 Å². The molecule has 0 aliphatic carbocycles. The van der Waals surface area contributed by atoms with Crippen LogP contribution in [0.25, 0.3) is 10.8 Å². The lowest BCUT2D eigenvalue weighted by Crippen LogP contribution is -2.44. The second kappa shape index (κ2) is 9.45. The number of aliphatic imine (C=N–C) groups is 1. The van der Waals surface area contributed by atoms with Gasteiger partial charge in [0.05, 0.1) is 12.2 Å². The number of aromatic nitrogens is 2. The van der Waals surface area contributed by atoms with Crippen LogP contribution in [0.4, 0.5) is 0 Å². The van der Waals surface area contributed by atoms with Crippen LogP contribution in [0, 0.1) is 13.8 Å². The Kier molecular flexibility index (Phi) is 6.75. The van der Waals surface area contributed by atoms with Gasteiger partial charge in [0.2, 0.25) is 0 Å². The van der Waals surface area contributed by atoms with Gasteiger partial charge in [0, 0.05) is 31.2 Å². The fraction of sp³-hybridized carbons (Fsp3) is 0.391. The molecule has 1 aromatic heterocycles. The van der Waals surface area contributed by atoms with Gasteiger partial charge in [-0.25, -0.2) is 0 Å². The molecule has 2 aromatic carbocycles. The average molecular weight is 394 g/mol. The minimum atomic E-state index is 0.238. The number of rotatable bonds is 7. The number of nitrogens with one attached hydrogen (secondary N) is 2. The number of hydrogen-bond acceptors (Lipinski definition) is 3. The molecule has 3 rings (SSSR count). The maximum atomic E-state index is 5.99. The van der Waals surface area contributed by atoms with Crippen LogP contribution in [-0.2, 0) is 13.5 Å². The molecule has 0 radical (unpaired) electrons. The minimum Gasteiger partial charge on any atom is -0.491 e. The van der Waals surface area contributed by atoms with Gasteiger partial charge < -0.3 is 15.4 Å². The van der Waals surface area contributed by atoms with E-state index in [2.05, 4.69) is 59.7 Å².